The Hall–Kier alpha value is -1.06. The summed E-state index contributed by atoms with van der Waals surface area (Å²) in [6.45, 7) is 7.92. The van der Waals surface area contributed by atoms with Crippen molar-refractivity contribution in [3.05, 3.63) is 29.8 Å². The monoisotopic (exact) mass is 250 g/mol. The Kier molecular flexibility index (Phi) is 6.16. The zero-order valence-electron chi connectivity index (χ0n) is 12.2. The van der Waals surface area contributed by atoms with E-state index in [0.717, 1.165) is 6.54 Å². The lowest BCUT2D eigenvalue weighted by molar-refractivity contribution is 0.0614. The first-order chi connectivity index (χ1) is 8.54. The van der Waals surface area contributed by atoms with Crippen molar-refractivity contribution in [2.24, 2.45) is 0 Å². The number of hydrogen-bond acceptors (Lipinski definition) is 3. The Morgan fingerprint density at radius 2 is 1.78 bits per heavy atom. The van der Waals surface area contributed by atoms with Gasteiger partial charge in [0.15, 0.2) is 0 Å². The highest BCUT2D eigenvalue weighted by Gasteiger charge is 2.11. The summed E-state index contributed by atoms with van der Waals surface area (Å²) in [6, 6.07) is 8.91. The fraction of sp³-hybridized carbons (Fsp3) is 0.600. The first kappa shape index (κ1) is 15.0. The topological polar surface area (TPSA) is 24.5 Å². The number of ether oxygens (including phenoxy) is 1. The van der Waals surface area contributed by atoms with E-state index in [1.54, 1.807) is 0 Å². The molecule has 0 radical (unpaired) electrons. The molecule has 0 aliphatic rings. The number of rotatable bonds is 7. The van der Waals surface area contributed by atoms with Gasteiger partial charge in [-0.1, -0.05) is 19.1 Å². The fourth-order valence-electron chi connectivity index (χ4n) is 1.81. The molecule has 0 aromatic heterocycles. The molecule has 1 atom stereocenters. The summed E-state index contributed by atoms with van der Waals surface area (Å²) in [4.78, 5) is 2.11. The van der Waals surface area contributed by atoms with Crippen molar-refractivity contribution < 1.29 is 4.74 Å². The lowest BCUT2D eigenvalue weighted by atomic mass is 10.1. The van der Waals surface area contributed by atoms with Crippen LogP contribution in [0.3, 0.4) is 0 Å². The summed E-state index contributed by atoms with van der Waals surface area (Å²) in [5.41, 5.74) is 2.50. The molecular formula is C15H26N2O. The van der Waals surface area contributed by atoms with E-state index in [0.29, 0.717) is 6.61 Å². The van der Waals surface area contributed by atoms with Crippen LogP contribution in [-0.4, -0.2) is 33.4 Å². The lowest BCUT2D eigenvalue weighted by Crippen LogP contribution is -2.26. The predicted molar refractivity (Wildman–Crippen MR) is 78.3 cm³/mol. The van der Waals surface area contributed by atoms with Crippen LogP contribution < -0.4 is 10.2 Å². The van der Waals surface area contributed by atoms with Gasteiger partial charge in [0.1, 0.15) is 0 Å². The molecule has 3 nitrogen and oxygen atoms in total. The third kappa shape index (κ3) is 4.67. The molecule has 3 heteroatoms. The summed E-state index contributed by atoms with van der Waals surface area (Å²) in [5, 5.41) is 3.46. The SMILES string of the molecule is CCNC(COC(C)C)c1ccc(N(C)C)cc1. The van der Waals surface area contributed by atoms with Gasteiger partial charge in [0.2, 0.25) is 0 Å². The maximum Gasteiger partial charge on any atom is 0.0664 e. The zero-order valence-corrected chi connectivity index (χ0v) is 12.2. The third-order valence-corrected chi connectivity index (χ3v) is 2.86. The second-order valence-corrected chi connectivity index (χ2v) is 4.98. The number of anilines is 1. The highest BCUT2D eigenvalue weighted by Crippen LogP contribution is 2.18. The van der Waals surface area contributed by atoms with E-state index in [4.69, 9.17) is 4.74 Å². The average Bonchev–Trinajstić information content (AvgIpc) is 2.34. The van der Waals surface area contributed by atoms with Gasteiger partial charge in [0.05, 0.1) is 18.8 Å². The maximum atomic E-state index is 5.72. The molecule has 0 heterocycles. The number of nitrogens with one attached hydrogen (secondary N) is 1. The first-order valence-corrected chi connectivity index (χ1v) is 6.66. The van der Waals surface area contributed by atoms with Crippen molar-refractivity contribution in [2.75, 3.05) is 32.1 Å². The van der Waals surface area contributed by atoms with Gasteiger partial charge in [-0.25, -0.2) is 0 Å². The molecule has 0 saturated heterocycles. The van der Waals surface area contributed by atoms with E-state index in [9.17, 15) is 0 Å². The highest BCUT2D eigenvalue weighted by molar-refractivity contribution is 5.46. The molecule has 1 unspecified atom stereocenters. The Morgan fingerprint density at radius 3 is 2.22 bits per heavy atom. The maximum absolute atomic E-state index is 5.72. The molecule has 0 aliphatic carbocycles. The molecule has 0 bridgehead atoms. The molecule has 1 aromatic rings. The minimum Gasteiger partial charge on any atom is -0.378 e. The highest BCUT2D eigenvalue weighted by atomic mass is 16.5. The van der Waals surface area contributed by atoms with Crippen LogP contribution in [-0.2, 0) is 4.74 Å². The second kappa shape index (κ2) is 7.39. The van der Waals surface area contributed by atoms with Gasteiger partial charge >= 0.3 is 0 Å². The largest absolute Gasteiger partial charge is 0.378 e. The smallest absolute Gasteiger partial charge is 0.0664 e. The van der Waals surface area contributed by atoms with Crippen molar-refractivity contribution in [3.63, 3.8) is 0 Å². The third-order valence-electron chi connectivity index (χ3n) is 2.86. The van der Waals surface area contributed by atoms with E-state index >= 15 is 0 Å². The Bertz CT molecular complexity index is 333. The van der Waals surface area contributed by atoms with E-state index in [2.05, 4.69) is 69.3 Å². The van der Waals surface area contributed by atoms with Crippen molar-refractivity contribution >= 4 is 5.69 Å². The standard InChI is InChI=1S/C15H26N2O/c1-6-16-15(11-18-12(2)3)13-7-9-14(10-8-13)17(4)5/h7-10,12,15-16H,6,11H2,1-5H3. The van der Waals surface area contributed by atoms with Gasteiger partial charge in [0.25, 0.3) is 0 Å². The first-order valence-electron chi connectivity index (χ1n) is 6.66. The van der Waals surface area contributed by atoms with Gasteiger partial charge in [-0.2, -0.15) is 0 Å². The van der Waals surface area contributed by atoms with Gasteiger partial charge < -0.3 is 15.0 Å². The van der Waals surface area contributed by atoms with Crippen LogP contribution in [0.15, 0.2) is 24.3 Å². The van der Waals surface area contributed by atoms with Crippen molar-refractivity contribution in [2.45, 2.75) is 32.9 Å². The van der Waals surface area contributed by atoms with E-state index in [1.807, 2.05) is 0 Å². The van der Waals surface area contributed by atoms with E-state index in [1.165, 1.54) is 11.3 Å². The molecule has 102 valence electrons. The van der Waals surface area contributed by atoms with Crippen molar-refractivity contribution in [1.82, 2.24) is 5.32 Å². The molecule has 1 N–H and O–H groups in total. The summed E-state index contributed by atoms with van der Waals surface area (Å²) < 4.78 is 5.72. The van der Waals surface area contributed by atoms with E-state index in [-0.39, 0.29) is 12.1 Å². The van der Waals surface area contributed by atoms with Gasteiger partial charge in [-0.05, 0) is 38.1 Å². The molecule has 0 aliphatic heterocycles. The van der Waals surface area contributed by atoms with Crippen LogP contribution in [0.25, 0.3) is 0 Å². The molecule has 1 aromatic carbocycles. The summed E-state index contributed by atoms with van der Waals surface area (Å²) >= 11 is 0. The van der Waals surface area contributed by atoms with Crippen molar-refractivity contribution in [3.8, 4) is 0 Å². The van der Waals surface area contributed by atoms with Gasteiger partial charge in [-0.3, -0.25) is 0 Å². The van der Waals surface area contributed by atoms with E-state index < -0.39 is 0 Å². The summed E-state index contributed by atoms with van der Waals surface area (Å²) in [6.07, 6.45) is 0.271. The number of nitrogens with zero attached hydrogens (tertiary/aromatic N) is 1. The lowest BCUT2D eigenvalue weighted by Gasteiger charge is -2.21. The molecular weight excluding hydrogens is 224 g/mol. The molecule has 18 heavy (non-hydrogen) atoms. The average molecular weight is 250 g/mol. The molecule has 0 fully saturated rings. The van der Waals surface area contributed by atoms with Crippen LogP contribution in [0.2, 0.25) is 0 Å². The fourth-order valence-corrected chi connectivity index (χ4v) is 1.81. The van der Waals surface area contributed by atoms with Crippen LogP contribution in [0.4, 0.5) is 5.69 Å². The van der Waals surface area contributed by atoms with Crippen molar-refractivity contribution in [1.29, 1.82) is 0 Å². The Morgan fingerprint density at radius 1 is 1.17 bits per heavy atom. The Balaban J connectivity index is 2.72. The number of likely N-dealkylation sites (N-methyl/N-ethyl adjacent to an activating group) is 1. The predicted octanol–water partition coefficient (Wildman–Crippen LogP) is 2.83. The van der Waals surface area contributed by atoms with Crippen LogP contribution >= 0.6 is 0 Å². The number of hydrogen-bond donors (Lipinski definition) is 1. The Labute approximate surface area is 111 Å². The quantitative estimate of drug-likeness (QED) is 0.805. The molecule has 0 spiro atoms. The zero-order chi connectivity index (χ0) is 13.5. The normalized spacial score (nSPS) is 12.8. The summed E-state index contributed by atoms with van der Waals surface area (Å²) in [5.74, 6) is 0. The summed E-state index contributed by atoms with van der Waals surface area (Å²) in [7, 11) is 4.11. The van der Waals surface area contributed by atoms with Crippen LogP contribution in [0.5, 0.6) is 0 Å². The van der Waals surface area contributed by atoms with Gasteiger partial charge in [-0.15, -0.1) is 0 Å². The number of benzene rings is 1. The minimum atomic E-state index is 0.271. The molecule has 0 saturated carbocycles. The molecule has 0 amide bonds. The second-order valence-electron chi connectivity index (χ2n) is 4.98. The minimum absolute atomic E-state index is 0.271. The molecule has 1 rings (SSSR count). The van der Waals surface area contributed by atoms with Gasteiger partial charge in [0, 0.05) is 19.8 Å². The van der Waals surface area contributed by atoms with Crippen LogP contribution in [0.1, 0.15) is 32.4 Å². The van der Waals surface area contributed by atoms with Crippen LogP contribution in [0, 0.1) is 0 Å².